The largest absolute Gasteiger partial charge is 0.490 e. The van der Waals surface area contributed by atoms with Crippen molar-refractivity contribution in [1.29, 1.82) is 5.26 Å². The Morgan fingerprint density at radius 3 is 2.62 bits per heavy atom. The molecule has 0 bridgehead atoms. The van der Waals surface area contributed by atoms with E-state index >= 15 is 0 Å². The van der Waals surface area contributed by atoms with Crippen molar-refractivity contribution in [2.24, 2.45) is 0 Å². The molecule has 5 rings (SSSR count). The van der Waals surface area contributed by atoms with E-state index in [4.69, 9.17) is 9.72 Å². The number of ketones is 1. The number of aryl methyl sites for hydroxylation is 2. The summed E-state index contributed by atoms with van der Waals surface area (Å²) in [6.07, 6.45) is 1.67. The van der Waals surface area contributed by atoms with Crippen molar-refractivity contribution in [1.82, 2.24) is 39.4 Å². The van der Waals surface area contributed by atoms with E-state index in [0.717, 1.165) is 17.8 Å². The van der Waals surface area contributed by atoms with Crippen LogP contribution in [-0.4, -0.2) is 72.4 Å². The molecule has 1 N–H and O–H groups in total. The second kappa shape index (κ2) is 10.9. The van der Waals surface area contributed by atoms with E-state index in [9.17, 15) is 10.1 Å². The first-order valence-electron chi connectivity index (χ1n) is 12.6. The minimum atomic E-state index is -0.163. The molecular formula is C28H28N10O2. The van der Waals surface area contributed by atoms with Gasteiger partial charge in [0.05, 0.1) is 28.0 Å². The van der Waals surface area contributed by atoms with Crippen molar-refractivity contribution in [3.8, 4) is 23.5 Å². The van der Waals surface area contributed by atoms with Gasteiger partial charge in [0.1, 0.15) is 30.6 Å². The van der Waals surface area contributed by atoms with Crippen LogP contribution in [0.4, 0.5) is 11.5 Å². The minimum absolute atomic E-state index is 0.163. The van der Waals surface area contributed by atoms with Crippen LogP contribution in [0.3, 0.4) is 0 Å². The van der Waals surface area contributed by atoms with Gasteiger partial charge in [-0.25, -0.2) is 14.6 Å². The molecule has 0 fully saturated rings. The van der Waals surface area contributed by atoms with Crippen molar-refractivity contribution >= 4 is 28.3 Å². The predicted molar refractivity (Wildman–Crippen MR) is 150 cm³/mol. The molecule has 0 aliphatic heterocycles. The number of pyridine rings is 1. The molecule has 1 aromatic carbocycles. The predicted octanol–water partition coefficient (Wildman–Crippen LogP) is 3.77. The number of fused-ring (bicyclic) bond motifs is 1. The second-order valence-electron chi connectivity index (χ2n) is 9.58. The maximum absolute atomic E-state index is 12.4. The number of aromatic nitrogens is 7. The number of anilines is 2. The van der Waals surface area contributed by atoms with E-state index < -0.39 is 0 Å². The molecule has 0 atom stereocenters. The lowest BCUT2D eigenvalue weighted by Gasteiger charge is -2.16. The lowest BCUT2D eigenvalue weighted by atomic mass is 10.2. The summed E-state index contributed by atoms with van der Waals surface area (Å²) in [7, 11) is 3.97. The molecular weight excluding hydrogens is 508 g/mol. The van der Waals surface area contributed by atoms with Crippen molar-refractivity contribution in [2.75, 3.05) is 32.6 Å². The van der Waals surface area contributed by atoms with E-state index in [2.05, 4.69) is 25.6 Å². The molecule has 0 aliphatic carbocycles. The highest BCUT2D eigenvalue weighted by molar-refractivity contribution is 5.97. The molecule has 0 radical (unpaired) electrons. The number of hydrogen-bond acceptors (Lipinski definition) is 10. The summed E-state index contributed by atoms with van der Waals surface area (Å²) in [6, 6.07) is 14.7. The van der Waals surface area contributed by atoms with Crippen molar-refractivity contribution in [3.05, 3.63) is 71.4 Å². The number of nitriles is 1. The maximum Gasteiger partial charge on any atom is 0.166 e. The molecule has 40 heavy (non-hydrogen) atoms. The van der Waals surface area contributed by atoms with Gasteiger partial charge in [-0.2, -0.15) is 15.5 Å². The van der Waals surface area contributed by atoms with Crippen molar-refractivity contribution in [3.63, 3.8) is 0 Å². The standard InChI is InChI=1S/C28H28N10O2/c1-17-6-8-26(34-33-17)31-23-13-22-24(14-25(23)40-11-10-36(4)5)37(16-30-22)27-9-7-21(19(3)39)28(32-27)38-18(2)12-20(15-29)35-38/h6-9,12-14,16H,10-11H2,1-5H3,(H,31,34). The average molecular weight is 537 g/mol. The molecule has 0 amide bonds. The lowest BCUT2D eigenvalue weighted by molar-refractivity contribution is 0.101. The zero-order valence-corrected chi connectivity index (χ0v) is 22.9. The van der Waals surface area contributed by atoms with Crippen LogP contribution in [0.5, 0.6) is 5.75 Å². The minimum Gasteiger partial charge on any atom is -0.490 e. The Balaban J connectivity index is 1.60. The lowest BCUT2D eigenvalue weighted by Crippen LogP contribution is -2.19. The first-order chi connectivity index (χ1) is 19.2. The van der Waals surface area contributed by atoms with Crippen LogP contribution in [0, 0.1) is 25.2 Å². The molecule has 4 heterocycles. The van der Waals surface area contributed by atoms with Gasteiger partial charge in [-0.3, -0.25) is 9.36 Å². The van der Waals surface area contributed by atoms with E-state index in [-0.39, 0.29) is 11.5 Å². The van der Waals surface area contributed by atoms with Crippen LogP contribution < -0.4 is 10.1 Å². The van der Waals surface area contributed by atoms with E-state index in [1.54, 1.807) is 24.5 Å². The smallest absolute Gasteiger partial charge is 0.166 e. The van der Waals surface area contributed by atoms with Gasteiger partial charge in [-0.05, 0) is 71.3 Å². The molecule has 0 saturated heterocycles. The first kappa shape index (κ1) is 26.5. The maximum atomic E-state index is 12.4. The summed E-state index contributed by atoms with van der Waals surface area (Å²) in [5, 5.41) is 25.3. The van der Waals surface area contributed by atoms with Gasteiger partial charge in [-0.1, -0.05) is 0 Å². The molecule has 0 unspecified atom stereocenters. The summed E-state index contributed by atoms with van der Waals surface area (Å²) in [4.78, 5) is 23.9. The number of Topliss-reactive ketones (excluding diaryl/α,β-unsaturated/α-hetero) is 1. The van der Waals surface area contributed by atoms with Crippen LogP contribution in [0.25, 0.3) is 22.7 Å². The number of carbonyl (C=O) groups excluding carboxylic acids is 1. The molecule has 0 spiro atoms. The van der Waals surface area contributed by atoms with Gasteiger partial charge in [0.15, 0.2) is 23.1 Å². The average Bonchev–Trinajstić information content (AvgIpc) is 3.52. The summed E-state index contributed by atoms with van der Waals surface area (Å²) >= 11 is 0. The molecule has 0 saturated carbocycles. The number of nitrogens with one attached hydrogen (secondary N) is 1. The van der Waals surface area contributed by atoms with Crippen LogP contribution in [0.2, 0.25) is 0 Å². The number of benzene rings is 1. The Labute approximate surface area is 230 Å². The van der Waals surface area contributed by atoms with E-state index in [1.165, 1.54) is 11.6 Å². The highest BCUT2D eigenvalue weighted by Gasteiger charge is 2.18. The summed E-state index contributed by atoms with van der Waals surface area (Å²) in [5.74, 6) is 1.90. The van der Waals surface area contributed by atoms with Crippen LogP contribution in [0.1, 0.15) is 34.4 Å². The van der Waals surface area contributed by atoms with Crippen LogP contribution in [-0.2, 0) is 0 Å². The number of carbonyl (C=O) groups is 1. The number of nitrogens with zero attached hydrogens (tertiary/aromatic N) is 9. The summed E-state index contributed by atoms with van der Waals surface area (Å²) in [5.41, 5.74) is 4.29. The zero-order chi connectivity index (χ0) is 28.4. The molecule has 0 aliphatic rings. The van der Waals surface area contributed by atoms with Gasteiger partial charge in [-0.15, -0.1) is 5.10 Å². The summed E-state index contributed by atoms with van der Waals surface area (Å²) < 4.78 is 9.52. The van der Waals surface area contributed by atoms with Gasteiger partial charge >= 0.3 is 0 Å². The first-order valence-corrected chi connectivity index (χ1v) is 12.6. The number of hydrogen-bond donors (Lipinski definition) is 1. The Morgan fingerprint density at radius 2 is 1.95 bits per heavy atom. The monoisotopic (exact) mass is 536 g/mol. The number of rotatable bonds is 9. The van der Waals surface area contributed by atoms with E-state index in [0.29, 0.717) is 52.3 Å². The topological polar surface area (TPSA) is 140 Å². The highest BCUT2D eigenvalue weighted by atomic mass is 16.5. The van der Waals surface area contributed by atoms with E-state index in [1.807, 2.05) is 67.7 Å². The fraction of sp³-hybridized carbons (Fsp3) is 0.250. The second-order valence-corrected chi connectivity index (χ2v) is 9.58. The molecule has 12 heteroatoms. The molecule has 12 nitrogen and oxygen atoms in total. The third kappa shape index (κ3) is 5.36. The van der Waals surface area contributed by atoms with Gasteiger partial charge < -0.3 is 15.0 Å². The number of ether oxygens (including phenoxy) is 1. The van der Waals surface area contributed by atoms with Gasteiger partial charge in [0.25, 0.3) is 0 Å². The third-order valence-electron chi connectivity index (χ3n) is 6.19. The third-order valence-corrected chi connectivity index (χ3v) is 6.19. The zero-order valence-electron chi connectivity index (χ0n) is 22.9. The fourth-order valence-corrected chi connectivity index (χ4v) is 4.13. The Morgan fingerprint density at radius 1 is 1.12 bits per heavy atom. The van der Waals surface area contributed by atoms with Crippen LogP contribution >= 0.6 is 0 Å². The van der Waals surface area contributed by atoms with Crippen molar-refractivity contribution < 1.29 is 9.53 Å². The molecule has 5 aromatic rings. The Bertz CT molecular complexity index is 1750. The highest BCUT2D eigenvalue weighted by Crippen LogP contribution is 2.33. The Hall–Kier alpha value is -5.15. The summed E-state index contributed by atoms with van der Waals surface area (Å²) in [6.45, 7) is 6.36. The number of likely N-dealkylation sites (N-methyl/N-ethyl adjacent to an activating group) is 1. The SMILES string of the molecule is CC(=O)c1ccc(-n2cnc3cc(Nc4ccc(C)nn4)c(OCCN(C)C)cc32)nc1-n1nc(C#N)cc1C. The normalized spacial score (nSPS) is 11.1. The van der Waals surface area contributed by atoms with Gasteiger partial charge in [0, 0.05) is 18.3 Å². The molecule has 4 aromatic heterocycles. The quantitative estimate of drug-likeness (QED) is 0.277. The molecule has 202 valence electrons. The van der Waals surface area contributed by atoms with Crippen molar-refractivity contribution in [2.45, 2.75) is 20.8 Å². The fourth-order valence-electron chi connectivity index (χ4n) is 4.13. The Kier molecular flexibility index (Phi) is 7.22. The number of imidazole rings is 1. The van der Waals surface area contributed by atoms with Gasteiger partial charge in [0.2, 0.25) is 0 Å². The van der Waals surface area contributed by atoms with Crippen LogP contribution in [0.15, 0.2) is 48.8 Å².